The van der Waals surface area contributed by atoms with Gasteiger partial charge in [0.15, 0.2) is 0 Å². The van der Waals surface area contributed by atoms with E-state index < -0.39 is 0 Å². The van der Waals surface area contributed by atoms with Gasteiger partial charge in [-0.15, -0.1) is 0 Å². The van der Waals surface area contributed by atoms with Gasteiger partial charge in [-0.1, -0.05) is 48.5 Å². The molecule has 4 rings (SSSR count). The number of aromatic nitrogens is 1. The summed E-state index contributed by atoms with van der Waals surface area (Å²) in [6.45, 7) is 0. The zero-order valence-electron chi connectivity index (χ0n) is 12.6. The van der Waals surface area contributed by atoms with E-state index in [1.807, 2.05) is 67.7 Å². The maximum absolute atomic E-state index is 11.6. The highest BCUT2D eigenvalue weighted by Crippen LogP contribution is 2.37. The quantitative estimate of drug-likeness (QED) is 0.390. The van der Waals surface area contributed by atoms with E-state index in [2.05, 4.69) is 4.57 Å². The highest BCUT2D eigenvalue weighted by molar-refractivity contribution is 6.10. The molecule has 4 nitrogen and oxygen atoms in total. The fourth-order valence-electron chi connectivity index (χ4n) is 3.19. The van der Waals surface area contributed by atoms with Gasteiger partial charge in [0.2, 0.25) is 0 Å². The van der Waals surface area contributed by atoms with Crippen molar-refractivity contribution in [2.75, 3.05) is 0 Å². The average molecular weight is 302 g/mol. The third-order valence-corrected chi connectivity index (χ3v) is 4.31. The first kappa shape index (κ1) is 13.5. The predicted octanol–water partition coefficient (Wildman–Crippen LogP) is 4.91. The molecule has 23 heavy (non-hydrogen) atoms. The van der Waals surface area contributed by atoms with Crippen molar-refractivity contribution in [3.8, 4) is 11.1 Å². The lowest BCUT2D eigenvalue weighted by molar-refractivity contribution is -0.384. The van der Waals surface area contributed by atoms with Crippen LogP contribution < -0.4 is 0 Å². The molecule has 0 saturated carbocycles. The van der Waals surface area contributed by atoms with E-state index in [0.717, 1.165) is 27.4 Å². The Labute approximate surface area is 132 Å². The fraction of sp³-hybridized carbons (Fsp3) is 0.0526. The summed E-state index contributed by atoms with van der Waals surface area (Å²) in [4.78, 5) is 11.3. The normalized spacial score (nSPS) is 11.2. The van der Waals surface area contributed by atoms with Crippen molar-refractivity contribution < 1.29 is 4.92 Å². The highest BCUT2D eigenvalue weighted by Gasteiger charge is 2.19. The third kappa shape index (κ3) is 1.99. The molecule has 112 valence electrons. The van der Waals surface area contributed by atoms with Crippen LogP contribution >= 0.6 is 0 Å². The molecule has 0 aliphatic carbocycles. The first-order chi connectivity index (χ1) is 11.2. The highest BCUT2D eigenvalue weighted by atomic mass is 16.6. The number of nitrogens with zero attached hydrogens (tertiary/aromatic N) is 2. The minimum absolute atomic E-state index is 0.139. The molecule has 1 heterocycles. The molecule has 0 N–H and O–H groups in total. The second kappa shape index (κ2) is 4.95. The number of para-hydroxylation sites is 1. The lowest BCUT2D eigenvalue weighted by Gasteiger charge is -2.05. The van der Waals surface area contributed by atoms with Crippen LogP contribution in [-0.4, -0.2) is 9.49 Å². The van der Waals surface area contributed by atoms with E-state index in [-0.39, 0.29) is 10.6 Å². The molecule has 4 aromatic rings. The summed E-state index contributed by atoms with van der Waals surface area (Å²) >= 11 is 0. The number of aryl methyl sites for hydroxylation is 1. The first-order valence-electron chi connectivity index (χ1n) is 7.38. The molecule has 0 aliphatic heterocycles. The Bertz CT molecular complexity index is 1050. The fourth-order valence-corrected chi connectivity index (χ4v) is 3.19. The number of hydrogen-bond donors (Lipinski definition) is 0. The standard InChI is InChI=1S/C19H14N2O2/c1-20-17-10-6-5-9-14(17)16-12-19(21(22)23)15(11-18(16)20)13-7-3-2-4-8-13/h2-12H,1H3. The lowest BCUT2D eigenvalue weighted by atomic mass is 10.0. The van der Waals surface area contributed by atoms with Gasteiger partial charge in [-0.3, -0.25) is 10.1 Å². The molecular weight excluding hydrogens is 288 g/mol. The maximum Gasteiger partial charge on any atom is 0.277 e. The smallest absolute Gasteiger partial charge is 0.277 e. The molecule has 0 spiro atoms. The maximum atomic E-state index is 11.6. The number of rotatable bonds is 2. The molecule has 0 fully saturated rings. The summed E-state index contributed by atoms with van der Waals surface area (Å²) in [7, 11) is 1.99. The second-order valence-corrected chi connectivity index (χ2v) is 5.59. The summed E-state index contributed by atoms with van der Waals surface area (Å²) < 4.78 is 2.08. The van der Waals surface area contributed by atoms with Crippen molar-refractivity contribution in [3.63, 3.8) is 0 Å². The summed E-state index contributed by atoms with van der Waals surface area (Å²) in [6.07, 6.45) is 0. The van der Waals surface area contributed by atoms with Crippen LogP contribution in [0.1, 0.15) is 0 Å². The first-order valence-corrected chi connectivity index (χ1v) is 7.38. The van der Waals surface area contributed by atoms with Gasteiger partial charge >= 0.3 is 0 Å². The molecule has 0 amide bonds. The summed E-state index contributed by atoms with van der Waals surface area (Å²) in [5.41, 5.74) is 3.71. The summed E-state index contributed by atoms with van der Waals surface area (Å²) in [5, 5.41) is 13.5. The molecular formula is C19H14N2O2. The van der Waals surface area contributed by atoms with E-state index in [9.17, 15) is 10.1 Å². The van der Waals surface area contributed by atoms with Crippen LogP contribution in [0.4, 0.5) is 5.69 Å². The van der Waals surface area contributed by atoms with E-state index in [1.54, 1.807) is 6.07 Å². The van der Waals surface area contributed by atoms with Gasteiger partial charge in [-0.05, 0) is 17.7 Å². The van der Waals surface area contributed by atoms with E-state index in [1.165, 1.54) is 0 Å². The largest absolute Gasteiger partial charge is 0.344 e. The number of hydrogen-bond acceptors (Lipinski definition) is 2. The van der Waals surface area contributed by atoms with Gasteiger partial charge in [-0.25, -0.2) is 0 Å². The molecule has 0 bridgehead atoms. The van der Waals surface area contributed by atoms with Crippen molar-refractivity contribution in [1.29, 1.82) is 0 Å². The van der Waals surface area contributed by atoms with Crippen molar-refractivity contribution >= 4 is 27.5 Å². The molecule has 0 unspecified atom stereocenters. The summed E-state index contributed by atoms with van der Waals surface area (Å²) in [6, 6.07) is 21.1. The Kier molecular flexibility index (Phi) is 2.91. The number of benzene rings is 3. The van der Waals surface area contributed by atoms with Crippen molar-refractivity contribution in [2.45, 2.75) is 0 Å². The Morgan fingerprint density at radius 1 is 0.870 bits per heavy atom. The van der Waals surface area contributed by atoms with E-state index in [4.69, 9.17) is 0 Å². The van der Waals surface area contributed by atoms with Crippen LogP contribution in [0.3, 0.4) is 0 Å². The van der Waals surface area contributed by atoms with Crippen LogP contribution in [0.2, 0.25) is 0 Å². The zero-order chi connectivity index (χ0) is 16.0. The van der Waals surface area contributed by atoms with Crippen molar-refractivity contribution in [3.05, 3.63) is 76.8 Å². The molecule has 4 heteroatoms. The molecule has 1 aromatic heterocycles. The van der Waals surface area contributed by atoms with Crippen LogP contribution in [0.5, 0.6) is 0 Å². The van der Waals surface area contributed by atoms with E-state index in [0.29, 0.717) is 5.56 Å². The molecule has 3 aromatic carbocycles. The van der Waals surface area contributed by atoms with Gasteiger partial charge < -0.3 is 4.57 Å². The number of fused-ring (bicyclic) bond motifs is 3. The lowest BCUT2D eigenvalue weighted by Crippen LogP contribution is -1.93. The average Bonchev–Trinajstić information content (AvgIpc) is 2.87. The van der Waals surface area contributed by atoms with Gasteiger partial charge in [0, 0.05) is 34.9 Å². The third-order valence-electron chi connectivity index (χ3n) is 4.31. The topological polar surface area (TPSA) is 48.1 Å². The van der Waals surface area contributed by atoms with E-state index >= 15 is 0 Å². The van der Waals surface area contributed by atoms with Crippen LogP contribution in [0, 0.1) is 10.1 Å². The zero-order valence-corrected chi connectivity index (χ0v) is 12.6. The van der Waals surface area contributed by atoms with Crippen LogP contribution in [0.15, 0.2) is 66.7 Å². The monoisotopic (exact) mass is 302 g/mol. The predicted molar refractivity (Wildman–Crippen MR) is 92.5 cm³/mol. The summed E-state index contributed by atoms with van der Waals surface area (Å²) in [5.74, 6) is 0. The molecule has 0 radical (unpaired) electrons. The Morgan fingerprint density at radius 2 is 1.57 bits per heavy atom. The Balaban J connectivity index is 2.15. The second-order valence-electron chi connectivity index (χ2n) is 5.59. The Hall–Kier alpha value is -3.14. The Morgan fingerprint density at radius 3 is 2.30 bits per heavy atom. The molecule has 0 atom stereocenters. The van der Waals surface area contributed by atoms with Crippen molar-refractivity contribution in [1.82, 2.24) is 4.57 Å². The van der Waals surface area contributed by atoms with Gasteiger partial charge in [0.25, 0.3) is 5.69 Å². The van der Waals surface area contributed by atoms with Crippen LogP contribution in [0.25, 0.3) is 32.9 Å². The minimum atomic E-state index is -0.302. The molecule has 0 saturated heterocycles. The van der Waals surface area contributed by atoms with Gasteiger partial charge in [-0.2, -0.15) is 0 Å². The molecule has 0 aliphatic rings. The van der Waals surface area contributed by atoms with Crippen LogP contribution in [-0.2, 0) is 7.05 Å². The van der Waals surface area contributed by atoms with Gasteiger partial charge in [0.05, 0.1) is 10.5 Å². The number of nitro groups is 1. The minimum Gasteiger partial charge on any atom is -0.344 e. The van der Waals surface area contributed by atoms with Crippen molar-refractivity contribution in [2.24, 2.45) is 7.05 Å². The SMILES string of the molecule is Cn1c2ccccc2c2cc([N+](=O)[O-])c(-c3ccccc3)cc21. The van der Waals surface area contributed by atoms with Gasteiger partial charge in [0.1, 0.15) is 0 Å². The number of nitro benzene ring substituents is 1.